The molecule has 2 aliphatic rings. The van der Waals surface area contributed by atoms with Crippen LogP contribution in [0.2, 0.25) is 0 Å². The number of nitrogens with one attached hydrogen (secondary N) is 3. The predicted molar refractivity (Wildman–Crippen MR) is 192 cm³/mol. The molecular formula is C32H54N4O11S3. The number of hydrogen-bond acceptors (Lipinski definition) is 14. The maximum absolute atomic E-state index is 12.1. The average molecular weight is 767 g/mol. The number of imide groups is 1. The van der Waals surface area contributed by atoms with Crippen LogP contribution in [0.3, 0.4) is 0 Å². The van der Waals surface area contributed by atoms with Gasteiger partial charge in [0, 0.05) is 68.5 Å². The summed E-state index contributed by atoms with van der Waals surface area (Å²) in [6.07, 6.45) is 3.73. The number of carbonyl (C=O) groups is 6. The van der Waals surface area contributed by atoms with Crippen molar-refractivity contribution in [1.82, 2.24) is 21.0 Å². The maximum atomic E-state index is 12.1. The van der Waals surface area contributed by atoms with Crippen molar-refractivity contribution in [2.45, 2.75) is 76.5 Å². The number of hydroxylamine groups is 2. The molecule has 15 nitrogen and oxygen atoms in total. The van der Waals surface area contributed by atoms with Gasteiger partial charge in [0.05, 0.1) is 59.3 Å². The molecule has 0 saturated carbocycles. The first-order valence-corrected chi connectivity index (χ1v) is 20.7. The van der Waals surface area contributed by atoms with Gasteiger partial charge in [0.25, 0.3) is 11.8 Å². The van der Waals surface area contributed by atoms with Crippen LogP contribution in [0, 0.1) is 5.92 Å². The van der Waals surface area contributed by atoms with Gasteiger partial charge in [-0.3, -0.25) is 24.0 Å². The van der Waals surface area contributed by atoms with Gasteiger partial charge in [-0.25, -0.2) is 4.79 Å². The van der Waals surface area contributed by atoms with Crippen molar-refractivity contribution >= 4 is 68.9 Å². The van der Waals surface area contributed by atoms with Crippen molar-refractivity contribution in [3.8, 4) is 0 Å². The molecule has 0 aliphatic carbocycles. The number of thioether (sulfide) groups is 1. The Morgan fingerprint density at radius 3 is 2.00 bits per heavy atom. The average Bonchev–Trinajstić information content (AvgIpc) is 3.59. The van der Waals surface area contributed by atoms with Gasteiger partial charge in [-0.05, 0) is 24.5 Å². The summed E-state index contributed by atoms with van der Waals surface area (Å²) in [7, 11) is 2.94. The van der Waals surface area contributed by atoms with E-state index in [1.165, 1.54) is 21.6 Å². The molecule has 3 N–H and O–H groups in total. The summed E-state index contributed by atoms with van der Waals surface area (Å²) in [6, 6.07) is 0.223. The highest BCUT2D eigenvalue weighted by Gasteiger charge is 2.34. The minimum atomic E-state index is -0.627. The fraction of sp³-hybridized carbons (Fsp3) is 0.812. The van der Waals surface area contributed by atoms with Crippen molar-refractivity contribution in [3.63, 3.8) is 0 Å². The third kappa shape index (κ3) is 20.7. The van der Waals surface area contributed by atoms with Gasteiger partial charge >= 0.3 is 5.97 Å². The van der Waals surface area contributed by atoms with E-state index in [0.717, 1.165) is 25.0 Å². The number of unbranched alkanes of at least 4 members (excludes halogenated alkanes) is 1. The summed E-state index contributed by atoms with van der Waals surface area (Å²) in [5, 5.41) is 9.73. The lowest BCUT2D eigenvalue weighted by Gasteiger charge is -2.22. The molecular weight excluding hydrogens is 713 g/mol. The van der Waals surface area contributed by atoms with Crippen LogP contribution in [0.1, 0.15) is 65.2 Å². The van der Waals surface area contributed by atoms with E-state index in [-0.39, 0.29) is 56.1 Å². The zero-order chi connectivity index (χ0) is 36.4. The minimum absolute atomic E-state index is 0.0197. The Morgan fingerprint density at radius 1 is 0.760 bits per heavy atom. The number of ether oxygens (including phenoxy) is 4. The third-order valence-corrected chi connectivity index (χ3v) is 11.5. The van der Waals surface area contributed by atoms with Gasteiger partial charge in [-0.15, -0.1) is 5.06 Å². The van der Waals surface area contributed by atoms with Gasteiger partial charge in [0.2, 0.25) is 17.7 Å². The van der Waals surface area contributed by atoms with Crippen LogP contribution >= 0.6 is 33.3 Å². The Kier molecular flexibility index (Phi) is 24.3. The Morgan fingerprint density at radius 2 is 1.34 bits per heavy atom. The van der Waals surface area contributed by atoms with E-state index < -0.39 is 17.8 Å². The summed E-state index contributed by atoms with van der Waals surface area (Å²) >= 11 is 1.92. The largest absolute Gasteiger partial charge is 0.379 e. The Bertz CT molecular complexity index is 1040. The van der Waals surface area contributed by atoms with E-state index in [4.69, 9.17) is 23.8 Å². The smallest absolute Gasteiger partial charge is 0.334 e. The molecule has 2 saturated heterocycles. The minimum Gasteiger partial charge on any atom is -0.379 e. The van der Waals surface area contributed by atoms with Gasteiger partial charge in [0.15, 0.2) is 0 Å². The fourth-order valence-electron chi connectivity index (χ4n) is 4.86. The van der Waals surface area contributed by atoms with Crippen LogP contribution in [-0.4, -0.2) is 135 Å². The van der Waals surface area contributed by atoms with Crippen LogP contribution < -0.4 is 16.0 Å². The van der Waals surface area contributed by atoms with Crippen LogP contribution in [0.5, 0.6) is 0 Å². The molecule has 0 aromatic rings. The van der Waals surface area contributed by atoms with E-state index in [0.29, 0.717) is 93.5 Å². The first kappa shape index (κ1) is 44.1. The SMILES string of the molecule is CC(=O)N[C@@H]1[C@H](CCCCC(=O)NCCOCCOCCOCCOCCC(=O)NCCSSCCC(=O)ON2C(=O)CCC2=O)SC[C@@H]1C. The number of hydrogen-bond donors (Lipinski definition) is 3. The molecule has 2 heterocycles. The van der Waals surface area contributed by atoms with Crippen molar-refractivity contribution < 1.29 is 52.6 Å². The lowest BCUT2D eigenvalue weighted by Crippen LogP contribution is -2.41. The molecule has 0 radical (unpaired) electrons. The molecule has 2 fully saturated rings. The fourth-order valence-corrected chi connectivity index (χ4v) is 8.37. The Hall–Kier alpha value is -2.09. The highest BCUT2D eigenvalue weighted by Crippen LogP contribution is 2.34. The quantitative estimate of drug-likeness (QED) is 0.0569. The molecule has 18 heteroatoms. The van der Waals surface area contributed by atoms with Crippen molar-refractivity contribution in [2.75, 3.05) is 83.2 Å². The normalized spacial score (nSPS) is 18.8. The summed E-state index contributed by atoms with van der Waals surface area (Å²) in [4.78, 5) is 74.8. The molecule has 5 amide bonds. The lowest BCUT2D eigenvalue weighted by atomic mass is 9.97. The highest BCUT2D eigenvalue weighted by molar-refractivity contribution is 8.76. The topological polar surface area (TPSA) is 188 Å². The summed E-state index contributed by atoms with van der Waals surface area (Å²) in [5.74, 6) is 0.956. The van der Waals surface area contributed by atoms with E-state index in [2.05, 4.69) is 22.9 Å². The molecule has 3 atom stereocenters. The van der Waals surface area contributed by atoms with Gasteiger partial charge < -0.3 is 39.7 Å². The summed E-state index contributed by atoms with van der Waals surface area (Å²) in [6.45, 7) is 7.84. The molecule has 50 heavy (non-hydrogen) atoms. The van der Waals surface area contributed by atoms with Crippen LogP contribution in [0.4, 0.5) is 0 Å². The first-order valence-electron chi connectivity index (χ1n) is 17.2. The molecule has 0 bridgehead atoms. The lowest BCUT2D eigenvalue weighted by molar-refractivity contribution is -0.197. The molecule has 286 valence electrons. The van der Waals surface area contributed by atoms with Crippen molar-refractivity contribution in [2.24, 2.45) is 5.92 Å². The first-order chi connectivity index (χ1) is 24.2. The summed E-state index contributed by atoms with van der Waals surface area (Å²) in [5.41, 5.74) is 0. The highest BCUT2D eigenvalue weighted by atomic mass is 33.1. The monoisotopic (exact) mass is 766 g/mol. The van der Waals surface area contributed by atoms with E-state index in [9.17, 15) is 28.8 Å². The van der Waals surface area contributed by atoms with Crippen molar-refractivity contribution in [3.05, 3.63) is 0 Å². The Labute approximate surface area is 307 Å². The van der Waals surface area contributed by atoms with E-state index >= 15 is 0 Å². The predicted octanol–water partition coefficient (Wildman–Crippen LogP) is 1.87. The number of amides is 5. The van der Waals surface area contributed by atoms with E-state index in [1.807, 2.05) is 11.8 Å². The number of nitrogens with zero attached hydrogens (tertiary/aromatic N) is 1. The maximum Gasteiger partial charge on any atom is 0.334 e. The standard InChI is InChI=1S/C32H54N4O11S3/c1-24-23-48-26(32(24)35-25(2)37)5-3-4-6-27(38)33-11-14-44-16-18-46-20-19-45-17-15-43-13-9-28(39)34-12-22-50-49-21-10-31(42)47-36-29(40)7-8-30(36)41/h24,26,32H,3-23H2,1-2H3,(H,33,38)(H,34,39)(H,35,37)/t24-,26-,32-/m0/s1. The summed E-state index contributed by atoms with van der Waals surface area (Å²) < 4.78 is 21.8. The van der Waals surface area contributed by atoms with Crippen LogP contribution in [0.15, 0.2) is 0 Å². The Balaban J connectivity index is 1.25. The molecule has 0 spiro atoms. The molecule has 0 aromatic heterocycles. The van der Waals surface area contributed by atoms with Crippen molar-refractivity contribution in [1.29, 1.82) is 0 Å². The van der Waals surface area contributed by atoms with Gasteiger partial charge in [0.1, 0.15) is 0 Å². The van der Waals surface area contributed by atoms with E-state index in [1.54, 1.807) is 6.92 Å². The van der Waals surface area contributed by atoms with Gasteiger partial charge in [-0.2, -0.15) is 11.8 Å². The third-order valence-electron chi connectivity index (χ3n) is 7.44. The zero-order valence-electron chi connectivity index (χ0n) is 29.2. The zero-order valence-corrected chi connectivity index (χ0v) is 31.7. The molecule has 0 aromatic carbocycles. The van der Waals surface area contributed by atoms with Crippen LogP contribution in [-0.2, 0) is 52.6 Å². The molecule has 2 aliphatic heterocycles. The number of rotatable bonds is 29. The second-order valence-electron chi connectivity index (χ2n) is 11.7. The van der Waals surface area contributed by atoms with Gasteiger partial charge in [-0.1, -0.05) is 34.9 Å². The van der Waals surface area contributed by atoms with Crippen LogP contribution in [0.25, 0.3) is 0 Å². The second-order valence-corrected chi connectivity index (χ2v) is 15.6. The second kappa shape index (κ2) is 27.5. The number of carbonyl (C=O) groups excluding carboxylic acids is 6. The molecule has 0 unspecified atom stereocenters. The molecule has 2 rings (SSSR count).